The van der Waals surface area contributed by atoms with Crippen LogP contribution in [0.15, 0.2) is 60.7 Å². The van der Waals surface area contributed by atoms with Crippen LogP contribution in [-0.2, 0) is 10.2 Å². The van der Waals surface area contributed by atoms with Crippen LogP contribution in [0.4, 0.5) is 4.39 Å². The van der Waals surface area contributed by atoms with E-state index in [0.717, 1.165) is 53.8 Å². The van der Waals surface area contributed by atoms with Crippen molar-refractivity contribution < 1.29 is 9.18 Å². The van der Waals surface area contributed by atoms with Gasteiger partial charge in [-0.05, 0) is 55.2 Å². The van der Waals surface area contributed by atoms with Crippen LogP contribution in [0.1, 0.15) is 42.6 Å². The third-order valence-electron chi connectivity index (χ3n) is 7.21. The fourth-order valence-electron chi connectivity index (χ4n) is 4.90. The summed E-state index contributed by atoms with van der Waals surface area (Å²) in [5, 5.41) is 0.654. The molecule has 1 unspecified atom stereocenters. The molecule has 3 heterocycles. The summed E-state index contributed by atoms with van der Waals surface area (Å²) >= 11 is 1.45. The van der Waals surface area contributed by atoms with Gasteiger partial charge in [-0.1, -0.05) is 47.7 Å². The average Bonchev–Trinajstić information content (AvgIpc) is 3.51. The van der Waals surface area contributed by atoms with Crippen LogP contribution < -0.4 is 0 Å². The number of carbonyl (C=O) groups is 1. The lowest BCUT2D eigenvalue weighted by Gasteiger charge is -2.40. The highest BCUT2D eigenvalue weighted by atomic mass is 32.1. The Bertz CT molecular complexity index is 1340. The van der Waals surface area contributed by atoms with Gasteiger partial charge < -0.3 is 4.79 Å². The summed E-state index contributed by atoms with van der Waals surface area (Å²) < 4.78 is 15.1. The number of hydrogen-bond acceptors (Lipinski definition) is 5. The fourth-order valence-corrected chi connectivity index (χ4v) is 5.87. The van der Waals surface area contributed by atoms with E-state index in [0.29, 0.717) is 10.6 Å². The first kappa shape index (κ1) is 20.6. The van der Waals surface area contributed by atoms with Crippen molar-refractivity contribution in [3.63, 3.8) is 0 Å². The lowest BCUT2D eigenvalue weighted by atomic mass is 9.92. The number of pyridine rings is 1. The zero-order valence-electron chi connectivity index (χ0n) is 18.4. The SMILES string of the molecule is CC(c1ccc(-c2nc3ccc(C4(c5ccccc5)CC4)nc3s2)c(F)c1)N1CC(C=O)C1. The van der Waals surface area contributed by atoms with Gasteiger partial charge in [0.1, 0.15) is 27.5 Å². The molecule has 4 nitrogen and oxygen atoms in total. The summed E-state index contributed by atoms with van der Waals surface area (Å²) in [5.41, 5.74) is 4.61. The fraction of sp³-hybridized carbons (Fsp3) is 0.296. The molecule has 1 aliphatic carbocycles. The number of rotatable bonds is 6. The number of aldehydes is 1. The Morgan fingerprint density at radius 3 is 2.58 bits per heavy atom. The second kappa shape index (κ2) is 7.82. The molecule has 0 N–H and O–H groups in total. The van der Waals surface area contributed by atoms with Crippen LogP contribution in [0.5, 0.6) is 0 Å². The van der Waals surface area contributed by atoms with Crippen molar-refractivity contribution in [1.29, 1.82) is 0 Å². The highest BCUT2D eigenvalue weighted by Gasteiger charge is 2.47. The number of benzene rings is 2. The number of likely N-dealkylation sites (tertiary alicyclic amines) is 1. The molecule has 0 spiro atoms. The van der Waals surface area contributed by atoms with Gasteiger partial charge in [-0.2, -0.15) is 0 Å². The lowest BCUT2D eigenvalue weighted by Crippen LogP contribution is -2.48. The van der Waals surface area contributed by atoms with Crippen LogP contribution in [0.2, 0.25) is 0 Å². The zero-order chi connectivity index (χ0) is 22.6. The van der Waals surface area contributed by atoms with E-state index in [2.05, 4.69) is 47.1 Å². The Labute approximate surface area is 196 Å². The number of halogens is 1. The van der Waals surface area contributed by atoms with Crippen LogP contribution >= 0.6 is 11.3 Å². The summed E-state index contributed by atoms with van der Waals surface area (Å²) in [6, 6.07) is 20.1. The van der Waals surface area contributed by atoms with E-state index in [1.165, 1.54) is 16.9 Å². The summed E-state index contributed by atoms with van der Waals surface area (Å²) in [6.07, 6.45) is 3.20. The number of carbonyl (C=O) groups excluding carboxylic acids is 1. The molecule has 1 saturated heterocycles. The second-order valence-electron chi connectivity index (χ2n) is 9.25. The Hall–Kier alpha value is -2.96. The third-order valence-corrected chi connectivity index (χ3v) is 8.20. The molecule has 2 aromatic heterocycles. The van der Waals surface area contributed by atoms with Gasteiger partial charge in [-0.25, -0.2) is 14.4 Å². The second-order valence-corrected chi connectivity index (χ2v) is 10.2. The van der Waals surface area contributed by atoms with E-state index >= 15 is 4.39 Å². The largest absolute Gasteiger partial charge is 0.303 e. The van der Waals surface area contributed by atoms with Crippen LogP contribution in [-0.4, -0.2) is 34.2 Å². The van der Waals surface area contributed by atoms with Crippen LogP contribution in [0.3, 0.4) is 0 Å². The van der Waals surface area contributed by atoms with Gasteiger partial charge in [-0.15, -0.1) is 0 Å². The molecule has 1 aliphatic heterocycles. The van der Waals surface area contributed by atoms with Gasteiger partial charge >= 0.3 is 0 Å². The first-order valence-corrected chi connectivity index (χ1v) is 12.2. The summed E-state index contributed by atoms with van der Waals surface area (Å²) in [4.78, 5) is 23.6. The maximum absolute atomic E-state index is 15.1. The van der Waals surface area contributed by atoms with Crippen molar-refractivity contribution in [3.05, 3.63) is 83.3 Å². The summed E-state index contributed by atoms with van der Waals surface area (Å²) in [5.74, 6) is -0.164. The number of thiazole rings is 1. The molecule has 6 rings (SSSR count). The summed E-state index contributed by atoms with van der Waals surface area (Å²) in [7, 11) is 0. The number of hydrogen-bond donors (Lipinski definition) is 0. The highest BCUT2D eigenvalue weighted by Crippen LogP contribution is 2.53. The minimum absolute atomic E-state index is 0.00234. The van der Waals surface area contributed by atoms with Crippen molar-refractivity contribution >= 4 is 28.0 Å². The van der Waals surface area contributed by atoms with Gasteiger partial charge in [0.2, 0.25) is 0 Å². The van der Waals surface area contributed by atoms with E-state index < -0.39 is 0 Å². The molecular formula is C27H24FN3OS. The third kappa shape index (κ3) is 3.49. The van der Waals surface area contributed by atoms with Gasteiger partial charge in [0, 0.05) is 36.0 Å². The molecule has 33 heavy (non-hydrogen) atoms. The zero-order valence-corrected chi connectivity index (χ0v) is 19.2. The molecule has 0 amide bonds. The topological polar surface area (TPSA) is 46.1 Å². The molecule has 166 valence electrons. The minimum Gasteiger partial charge on any atom is -0.303 e. The van der Waals surface area contributed by atoms with Gasteiger partial charge in [0.25, 0.3) is 0 Å². The van der Waals surface area contributed by atoms with Gasteiger partial charge in [0.05, 0.1) is 5.69 Å². The van der Waals surface area contributed by atoms with E-state index in [1.54, 1.807) is 6.07 Å². The maximum Gasteiger partial charge on any atom is 0.144 e. The molecule has 2 aliphatic rings. The Balaban J connectivity index is 1.29. The molecule has 6 heteroatoms. The molecule has 0 bridgehead atoms. The average molecular weight is 458 g/mol. The molecule has 0 radical (unpaired) electrons. The number of fused-ring (bicyclic) bond motifs is 1. The van der Waals surface area contributed by atoms with Crippen molar-refractivity contribution in [2.24, 2.45) is 5.92 Å². The Morgan fingerprint density at radius 2 is 1.88 bits per heavy atom. The molecule has 1 saturated carbocycles. The molecular weight excluding hydrogens is 433 g/mol. The predicted octanol–water partition coefficient (Wildman–Crippen LogP) is 5.77. The van der Waals surface area contributed by atoms with E-state index in [9.17, 15) is 4.79 Å². The predicted molar refractivity (Wildman–Crippen MR) is 129 cm³/mol. The number of nitrogens with zero attached hydrogens (tertiary/aromatic N) is 3. The van der Waals surface area contributed by atoms with Crippen molar-refractivity contribution in [1.82, 2.24) is 14.9 Å². The van der Waals surface area contributed by atoms with Crippen molar-refractivity contribution in [2.75, 3.05) is 13.1 Å². The standard InChI is InChI=1S/C27H24FN3OS/c1-17(31-14-18(15-31)16-32)19-7-8-21(22(28)13-19)25-29-23-9-10-24(30-26(23)33-25)27(11-12-27)20-5-3-2-4-6-20/h2-10,13,16-18H,11-12,14-15H2,1H3. The molecule has 4 aromatic rings. The Kier molecular flexibility index (Phi) is 4.89. The van der Waals surface area contributed by atoms with Crippen LogP contribution in [0, 0.1) is 11.7 Å². The van der Waals surface area contributed by atoms with Gasteiger partial charge in [-0.3, -0.25) is 4.90 Å². The number of aromatic nitrogens is 2. The summed E-state index contributed by atoms with van der Waals surface area (Å²) in [6.45, 7) is 3.54. The minimum atomic E-state index is -0.269. The molecule has 1 atom stereocenters. The lowest BCUT2D eigenvalue weighted by molar-refractivity contribution is -0.116. The molecule has 2 fully saturated rings. The first-order valence-electron chi connectivity index (χ1n) is 11.4. The quantitative estimate of drug-likeness (QED) is 0.345. The molecule has 2 aromatic carbocycles. The maximum atomic E-state index is 15.1. The van der Waals surface area contributed by atoms with Crippen LogP contribution in [0.25, 0.3) is 20.9 Å². The monoisotopic (exact) mass is 457 g/mol. The Morgan fingerprint density at radius 1 is 1.09 bits per heavy atom. The highest BCUT2D eigenvalue weighted by molar-refractivity contribution is 7.21. The van der Waals surface area contributed by atoms with Gasteiger partial charge in [0.15, 0.2) is 0 Å². The van der Waals surface area contributed by atoms with Crippen molar-refractivity contribution in [2.45, 2.75) is 31.2 Å². The van der Waals surface area contributed by atoms with E-state index in [1.807, 2.05) is 24.3 Å². The van der Waals surface area contributed by atoms with E-state index in [-0.39, 0.29) is 23.2 Å². The normalized spacial score (nSPS) is 18.7. The van der Waals surface area contributed by atoms with E-state index in [4.69, 9.17) is 4.98 Å². The first-order chi connectivity index (χ1) is 16.1. The van der Waals surface area contributed by atoms with Crippen molar-refractivity contribution in [3.8, 4) is 10.6 Å². The smallest absolute Gasteiger partial charge is 0.144 e.